The largest absolute Gasteiger partial charge is 0.491 e. The maximum absolute atomic E-state index is 13.0. The molecule has 3 heterocycles. The number of para-hydroxylation sites is 1. The summed E-state index contributed by atoms with van der Waals surface area (Å²) in [7, 11) is 1.61. The third-order valence-corrected chi connectivity index (χ3v) is 5.77. The molecule has 1 fully saturated rings. The number of furan rings is 1. The molecule has 7 heteroatoms. The van der Waals surface area contributed by atoms with E-state index in [-0.39, 0.29) is 5.91 Å². The molecule has 31 heavy (non-hydrogen) atoms. The van der Waals surface area contributed by atoms with Crippen molar-refractivity contribution in [3.8, 4) is 5.75 Å². The van der Waals surface area contributed by atoms with Crippen molar-refractivity contribution >= 4 is 38.8 Å². The van der Waals surface area contributed by atoms with Crippen LogP contribution in [0.5, 0.6) is 5.75 Å². The predicted molar refractivity (Wildman–Crippen MR) is 116 cm³/mol. The molecule has 4 aromatic rings. The van der Waals surface area contributed by atoms with E-state index in [1.54, 1.807) is 19.2 Å². The molecule has 5 rings (SSSR count). The molecule has 0 bridgehead atoms. The van der Waals surface area contributed by atoms with E-state index in [9.17, 15) is 9.59 Å². The maximum atomic E-state index is 13.0. The van der Waals surface area contributed by atoms with Crippen LogP contribution in [0, 0.1) is 0 Å². The molecule has 160 valence electrons. The monoisotopic (exact) mass is 421 g/mol. The highest BCUT2D eigenvalue weighted by molar-refractivity contribution is 6.14. The van der Waals surface area contributed by atoms with E-state index in [2.05, 4.69) is 0 Å². The number of methoxy groups -OCH3 is 1. The van der Waals surface area contributed by atoms with Gasteiger partial charge in [0.25, 0.3) is 0 Å². The van der Waals surface area contributed by atoms with Crippen LogP contribution in [0.25, 0.3) is 32.9 Å². The first-order chi connectivity index (χ1) is 15.2. The average Bonchev–Trinajstić information content (AvgIpc) is 3.18. The summed E-state index contributed by atoms with van der Waals surface area (Å²) in [6.45, 7) is 1.81. The number of amides is 1. The number of ether oxygens (including phenoxy) is 2. The molecule has 0 radical (unpaired) electrons. The van der Waals surface area contributed by atoms with Crippen LogP contribution in [-0.4, -0.2) is 37.7 Å². The van der Waals surface area contributed by atoms with E-state index in [1.807, 2.05) is 29.2 Å². The van der Waals surface area contributed by atoms with E-state index < -0.39 is 5.63 Å². The second-order valence-electron chi connectivity index (χ2n) is 7.72. The fourth-order valence-corrected chi connectivity index (χ4v) is 4.27. The molecule has 0 N–H and O–H groups in total. The van der Waals surface area contributed by atoms with Crippen LogP contribution in [0.2, 0.25) is 0 Å². The summed E-state index contributed by atoms with van der Waals surface area (Å²) >= 11 is 0. The summed E-state index contributed by atoms with van der Waals surface area (Å²) < 4.78 is 22.8. The first-order valence-electron chi connectivity index (χ1n) is 10.5. The molecule has 0 aliphatic carbocycles. The number of carbonyl (C=O) groups is 1. The molecule has 0 spiro atoms. The predicted octanol–water partition coefficient (Wildman–Crippen LogP) is 4.23. The Morgan fingerprint density at radius 3 is 2.68 bits per heavy atom. The first kappa shape index (κ1) is 19.6. The van der Waals surface area contributed by atoms with Crippen molar-refractivity contribution in [2.24, 2.45) is 0 Å². The van der Waals surface area contributed by atoms with Crippen LogP contribution in [0.1, 0.15) is 24.8 Å². The molecule has 0 saturated carbocycles. The van der Waals surface area contributed by atoms with E-state index >= 15 is 0 Å². The number of hydrogen-bond donors (Lipinski definition) is 0. The molecular weight excluding hydrogens is 398 g/mol. The topological polar surface area (TPSA) is 82.1 Å². The molecule has 1 aliphatic rings. The summed E-state index contributed by atoms with van der Waals surface area (Å²) in [6, 6.07) is 10.9. The Hall–Kier alpha value is -3.32. The smallest absolute Gasteiger partial charge is 0.348 e. The van der Waals surface area contributed by atoms with E-state index in [1.165, 1.54) is 0 Å². The van der Waals surface area contributed by atoms with Crippen molar-refractivity contribution < 1.29 is 23.1 Å². The van der Waals surface area contributed by atoms with Gasteiger partial charge in [0.05, 0.1) is 18.5 Å². The minimum Gasteiger partial charge on any atom is -0.491 e. The van der Waals surface area contributed by atoms with E-state index in [4.69, 9.17) is 18.3 Å². The Labute approximate surface area is 178 Å². The highest BCUT2D eigenvalue weighted by Gasteiger charge is 2.25. The third-order valence-electron chi connectivity index (χ3n) is 5.77. The minimum absolute atomic E-state index is 0.108. The lowest BCUT2D eigenvalue weighted by molar-refractivity contribution is -0.133. The number of carbonyl (C=O) groups excluding carboxylic acids is 1. The minimum atomic E-state index is -0.465. The number of benzene rings is 2. The number of piperidine rings is 1. The van der Waals surface area contributed by atoms with Crippen LogP contribution in [0.4, 0.5) is 0 Å². The van der Waals surface area contributed by atoms with Crippen LogP contribution in [0.15, 0.2) is 50.0 Å². The van der Waals surface area contributed by atoms with Gasteiger partial charge in [-0.15, -0.1) is 0 Å². The zero-order valence-electron chi connectivity index (χ0n) is 17.3. The normalized spacial score (nSPS) is 14.7. The van der Waals surface area contributed by atoms with Crippen molar-refractivity contribution in [1.82, 2.24) is 4.90 Å². The summed E-state index contributed by atoms with van der Waals surface area (Å²) in [5.74, 6) is 0.717. The van der Waals surface area contributed by atoms with Gasteiger partial charge in [0.1, 0.15) is 28.9 Å². The van der Waals surface area contributed by atoms with Gasteiger partial charge in [-0.2, -0.15) is 0 Å². The Morgan fingerprint density at radius 2 is 1.84 bits per heavy atom. The lowest BCUT2D eigenvalue weighted by atomic mass is 10.0. The molecule has 2 aromatic carbocycles. The molecule has 2 aromatic heterocycles. The van der Waals surface area contributed by atoms with Crippen LogP contribution in [0.3, 0.4) is 0 Å². The highest BCUT2D eigenvalue weighted by Crippen LogP contribution is 2.38. The number of rotatable bonds is 6. The summed E-state index contributed by atoms with van der Waals surface area (Å²) in [6.07, 6.45) is 2.40. The number of likely N-dealkylation sites (tertiary alicyclic amines) is 1. The van der Waals surface area contributed by atoms with Gasteiger partial charge in [-0.3, -0.25) is 4.79 Å². The van der Waals surface area contributed by atoms with E-state index in [0.29, 0.717) is 66.0 Å². The summed E-state index contributed by atoms with van der Waals surface area (Å²) in [5, 5.41) is 1.75. The number of hydrogen-bond acceptors (Lipinski definition) is 6. The van der Waals surface area contributed by atoms with Crippen molar-refractivity contribution in [2.45, 2.75) is 25.8 Å². The van der Waals surface area contributed by atoms with Gasteiger partial charge in [0.15, 0.2) is 5.58 Å². The molecule has 0 unspecified atom stereocenters. The molecule has 1 saturated heterocycles. The van der Waals surface area contributed by atoms with Gasteiger partial charge in [-0.1, -0.05) is 12.1 Å². The van der Waals surface area contributed by atoms with Gasteiger partial charge >= 0.3 is 5.63 Å². The van der Waals surface area contributed by atoms with Crippen LogP contribution in [-0.2, 0) is 16.1 Å². The van der Waals surface area contributed by atoms with Crippen molar-refractivity contribution in [3.05, 3.63) is 52.4 Å². The zero-order chi connectivity index (χ0) is 21.4. The summed E-state index contributed by atoms with van der Waals surface area (Å²) in [4.78, 5) is 27.3. The standard InChI is InChI=1S/C24H23NO6/c1-28-12-13-29-17-9-10-19-21(16(17)14-25-11-5-4-8-20(25)26)22-23(30-19)15-6-2-3-7-18(15)31-24(22)27/h2-3,6-7,9-10H,4-5,8,11-14H2,1H3. The van der Waals surface area contributed by atoms with Gasteiger partial charge in [0.2, 0.25) is 5.91 Å². The van der Waals surface area contributed by atoms with Crippen molar-refractivity contribution in [1.29, 1.82) is 0 Å². The fourth-order valence-electron chi connectivity index (χ4n) is 4.27. The Balaban J connectivity index is 1.75. The molecule has 0 atom stereocenters. The van der Waals surface area contributed by atoms with Crippen molar-refractivity contribution in [3.63, 3.8) is 0 Å². The van der Waals surface area contributed by atoms with Crippen LogP contribution < -0.4 is 10.4 Å². The third kappa shape index (κ3) is 3.45. The number of nitrogens with zero attached hydrogens (tertiary/aromatic N) is 1. The maximum Gasteiger partial charge on any atom is 0.348 e. The van der Waals surface area contributed by atoms with Gasteiger partial charge in [0, 0.05) is 31.0 Å². The Kier molecular flexibility index (Phi) is 5.11. The zero-order valence-corrected chi connectivity index (χ0v) is 17.3. The summed E-state index contributed by atoms with van der Waals surface area (Å²) in [5.41, 5.74) is 1.82. The second kappa shape index (κ2) is 8.07. The van der Waals surface area contributed by atoms with Gasteiger partial charge in [-0.05, 0) is 37.1 Å². The molecule has 1 amide bonds. The average molecular weight is 421 g/mol. The number of fused-ring (bicyclic) bond motifs is 5. The van der Waals surface area contributed by atoms with Crippen molar-refractivity contribution in [2.75, 3.05) is 26.9 Å². The molecule has 1 aliphatic heterocycles. The lowest BCUT2D eigenvalue weighted by Crippen LogP contribution is -2.34. The van der Waals surface area contributed by atoms with Gasteiger partial charge < -0.3 is 23.2 Å². The van der Waals surface area contributed by atoms with Crippen LogP contribution >= 0.6 is 0 Å². The lowest BCUT2D eigenvalue weighted by Gasteiger charge is -2.27. The Bertz CT molecular complexity index is 1330. The Morgan fingerprint density at radius 1 is 0.968 bits per heavy atom. The molecule has 7 nitrogen and oxygen atoms in total. The second-order valence-corrected chi connectivity index (χ2v) is 7.72. The first-order valence-corrected chi connectivity index (χ1v) is 10.5. The highest BCUT2D eigenvalue weighted by atomic mass is 16.5. The van der Waals surface area contributed by atoms with Gasteiger partial charge in [-0.25, -0.2) is 4.79 Å². The SMILES string of the molecule is COCCOc1ccc2oc3c4ccccc4oc(=O)c3c2c1CN1CCCCC1=O. The van der Waals surface area contributed by atoms with E-state index in [0.717, 1.165) is 23.8 Å². The molecular formula is C24H23NO6. The quantitative estimate of drug-likeness (QED) is 0.342. The fraction of sp³-hybridized carbons (Fsp3) is 0.333.